The van der Waals surface area contributed by atoms with Crippen molar-refractivity contribution < 1.29 is 13.6 Å². The molecule has 5 rings (SSSR count). The molecule has 0 bridgehead atoms. The zero-order chi connectivity index (χ0) is 21.6. The lowest BCUT2D eigenvalue weighted by molar-refractivity contribution is 0.0616. The van der Waals surface area contributed by atoms with Gasteiger partial charge in [0.2, 0.25) is 11.5 Å². The number of rotatable bonds is 5. The first-order valence-electron chi connectivity index (χ1n) is 10.7. The average molecular weight is 423 g/mol. The van der Waals surface area contributed by atoms with Gasteiger partial charge in [-0.2, -0.15) is 4.98 Å². The van der Waals surface area contributed by atoms with Crippen LogP contribution >= 0.6 is 0 Å². The minimum absolute atomic E-state index is 0.0231. The van der Waals surface area contributed by atoms with Gasteiger partial charge < -0.3 is 14.6 Å². The second kappa shape index (κ2) is 7.60. The zero-order valence-electron chi connectivity index (χ0n) is 17.8. The van der Waals surface area contributed by atoms with E-state index in [1.165, 1.54) is 6.07 Å². The van der Waals surface area contributed by atoms with E-state index in [9.17, 15) is 9.18 Å². The summed E-state index contributed by atoms with van der Waals surface area (Å²) in [5.41, 5.74) is 1.40. The van der Waals surface area contributed by atoms with Gasteiger partial charge in [-0.05, 0) is 50.5 Å². The van der Waals surface area contributed by atoms with E-state index in [2.05, 4.69) is 27.1 Å². The number of anilines is 1. The van der Waals surface area contributed by atoms with E-state index in [0.29, 0.717) is 44.3 Å². The van der Waals surface area contributed by atoms with E-state index < -0.39 is 0 Å². The van der Waals surface area contributed by atoms with E-state index in [4.69, 9.17) is 4.42 Å². The number of hydrogen-bond donors (Lipinski definition) is 1. The molecule has 1 saturated heterocycles. The minimum Gasteiger partial charge on any atom is -0.443 e. The van der Waals surface area contributed by atoms with Gasteiger partial charge in [0.1, 0.15) is 17.4 Å². The Balaban J connectivity index is 1.30. The zero-order valence-corrected chi connectivity index (χ0v) is 17.8. The van der Waals surface area contributed by atoms with Gasteiger partial charge in [-0.1, -0.05) is 12.1 Å². The topological polar surface area (TPSA) is 74.5 Å². The van der Waals surface area contributed by atoms with Crippen LogP contribution < -0.4 is 5.32 Å². The number of halogens is 1. The highest BCUT2D eigenvalue weighted by atomic mass is 19.1. The number of nitrogens with one attached hydrogen (secondary N) is 1. The number of fused-ring (bicyclic) bond motifs is 1. The third-order valence-corrected chi connectivity index (χ3v) is 6.08. The van der Waals surface area contributed by atoms with Crippen molar-refractivity contribution in [2.24, 2.45) is 0 Å². The van der Waals surface area contributed by atoms with Crippen molar-refractivity contribution in [1.82, 2.24) is 19.8 Å². The highest BCUT2D eigenvalue weighted by molar-refractivity contribution is 5.95. The van der Waals surface area contributed by atoms with Crippen LogP contribution in [0.25, 0.3) is 11.1 Å². The fourth-order valence-electron chi connectivity index (χ4n) is 3.98. The molecule has 2 aromatic heterocycles. The van der Waals surface area contributed by atoms with Crippen LogP contribution in [-0.4, -0.2) is 57.4 Å². The van der Waals surface area contributed by atoms with Crippen LogP contribution in [0, 0.1) is 12.7 Å². The van der Waals surface area contributed by atoms with Gasteiger partial charge in [0.25, 0.3) is 5.91 Å². The van der Waals surface area contributed by atoms with E-state index in [0.717, 1.165) is 29.6 Å². The van der Waals surface area contributed by atoms with E-state index >= 15 is 0 Å². The van der Waals surface area contributed by atoms with Crippen LogP contribution in [-0.2, 0) is 6.54 Å². The van der Waals surface area contributed by atoms with Gasteiger partial charge in [0.05, 0.1) is 5.39 Å². The summed E-state index contributed by atoms with van der Waals surface area (Å²) >= 11 is 0. The van der Waals surface area contributed by atoms with Gasteiger partial charge in [-0.25, -0.2) is 9.37 Å². The van der Waals surface area contributed by atoms with Gasteiger partial charge >= 0.3 is 0 Å². The first-order valence-corrected chi connectivity index (χ1v) is 10.7. The highest BCUT2D eigenvalue weighted by Crippen LogP contribution is 2.39. The number of piperazine rings is 1. The minimum atomic E-state index is -0.225. The largest absolute Gasteiger partial charge is 0.443 e. The summed E-state index contributed by atoms with van der Waals surface area (Å²) in [4.78, 5) is 26.2. The van der Waals surface area contributed by atoms with Crippen LogP contribution in [0.2, 0.25) is 0 Å². The molecular weight excluding hydrogens is 397 g/mol. The van der Waals surface area contributed by atoms with Crippen molar-refractivity contribution in [2.45, 2.75) is 38.8 Å². The Morgan fingerprint density at radius 3 is 2.68 bits per heavy atom. The summed E-state index contributed by atoms with van der Waals surface area (Å²) in [7, 11) is 0. The van der Waals surface area contributed by atoms with Crippen molar-refractivity contribution in [3.8, 4) is 0 Å². The van der Waals surface area contributed by atoms with Crippen molar-refractivity contribution in [3.63, 3.8) is 0 Å². The number of carbonyl (C=O) groups excluding carboxylic acids is 1. The Bertz CT molecular complexity index is 1130. The normalized spacial score (nSPS) is 18.4. The summed E-state index contributed by atoms with van der Waals surface area (Å²) in [6.07, 6.45) is 2.15. The molecule has 2 fully saturated rings. The second-order valence-corrected chi connectivity index (χ2v) is 8.86. The molecule has 0 radical (unpaired) electrons. The number of nitrogens with zero attached hydrogens (tertiary/aromatic N) is 4. The Labute approximate surface area is 180 Å². The Morgan fingerprint density at radius 2 is 1.97 bits per heavy atom. The average Bonchev–Trinajstić information content (AvgIpc) is 3.33. The molecule has 0 unspecified atom stereocenters. The van der Waals surface area contributed by atoms with Gasteiger partial charge in [-0.15, -0.1) is 0 Å². The molecule has 1 N–H and O–H groups in total. The summed E-state index contributed by atoms with van der Waals surface area (Å²) < 4.78 is 19.1. The Hall–Kier alpha value is -3.00. The van der Waals surface area contributed by atoms with Crippen molar-refractivity contribution >= 4 is 22.8 Å². The third-order valence-electron chi connectivity index (χ3n) is 6.08. The third kappa shape index (κ3) is 4.25. The smallest absolute Gasteiger partial charge is 0.291 e. The molecule has 1 aliphatic carbocycles. The van der Waals surface area contributed by atoms with Gasteiger partial charge in [0, 0.05) is 38.3 Å². The molecule has 0 spiro atoms. The molecule has 1 aromatic carbocycles. The second-order valence-electron chi connectivity index (χ2n) is 8.86. The molecule has 2 aliphatic rings. The summed E-state index contributed by atoms with van der Waals surface area (Å²) in [5, 5.41) is 4.27. The molecule has 1 aliphatic heterocycles. The monoisotopic (exact) mass is 423 g/mol. The molecule has 1 saturated carbocycles. The maximum Gasteiger partial charge on any atom is 0.291 e. The van der Waals surface area contributed by atoms with Crippen LogP contribution in [0.3, 0.4) is 0 Å². The van der Waals surface area contributed by atoms with E-state index in [1.807, 2.05) is 19.1 Å². The summed E-state index contributed by atoms with van der Waals surface area (Å²) in [6, 6.07) is 8.56. The number of carbonyl (C=O) groups is 1. The maximum absolute atomic E-state index is 13.4. The lowest BCUT2D eigenvalue weighted by Crippen LogP contribution is -2.48. The van der Waals surface area contributed by atoms with Crippen molar-refractivity contribution in [2.75, 3.05) is 31.5 Å². The van der Waals surface area contributed by atoms with Crippen LogP contribution in [0.5, 0.6) is 0 Å². The lowest BCUT2D eigenvalue weighted by Gasteiger charge is -2.34. The molecule has 7 nitrogen and oxygen atoms in total. The number of aryl methyl sites for hydroxylation is 1. The quantitative estimate of drug-likeness (QED) is 0.676. The fraction of sp³-hybridized carbons (Fsp3) is 0.435. The maximum atomic E-state index is 13.4. The molecule has 1 amide bonds. The SMILES string of the molecule is Cc1cc2c(NC3(C)CC3)nc(C(=O)N3CCN(Cc4cccc(F)c4)CC3)nc2o1. The number of furan rings is 1. The number of hydrogen-bond acceptors (Lipinski definition) is 6. The van der Waals surface area contributed by atoms with Crippen LogP contribution in [0.4, 0.5) is 10.2 Å². The molecule has 0 atom stereocenters. The molecule has 31 heavy (non-hydrogen) atoms. The summed E-state index contributed by atoms with van der Waals surface area (Å²) in [6.45, 7) is 7.26. The first kappa shape index (κ1) is 19.9. The van der Waals surface area contributed by atoms with Crippen molar-refractivity contribution in [3.05, 3.63) is 53.3 Å². The summed E-state index contributed by atoms with van der Waals surface area (Å²) in [5.74, 6) is 1.15. The molecule has 162 valence electrons. The number of benzene rings is 1. The van der Waals surface area contributed by atoms with Crippen molar-refractivity contribution in [1.29, 1.82) is 0 Å². The number of aromatic nitrogens is 2. The van der Waals surface area contributed by atoms with E-state index in [1.54, 1.807) is 17.0 Å². The molecule has 3 heterocycles. The fourth-order valence-corrected chi connectivity index (χ4v) is 3.98. The lowest BCUT2D eigenvalue weighted by atomic mass is 10.2. The molecular formula is C23H26FN5O2. The highest BCUT2D eigenvalue weighted by Gasteiger charge is 2.38. The molecule has 8 heteroatoms. The Morgan fingerprint density at radius 1 is 1.19 bits per heavy atom. The Kier molecular flexibility index (Phi) is 4.89. The van der Waals surface area contributed by atoms with Gasteiger partial charge in [0.15, 0.2) is 0 Å². The van der Waals surface area contributed by atoms with Crippen LogP contribution in [0.1, 0.15) is 41.7 Å². The molecule has 3 aromatic rings. The first-order chi connectivity index (χ1) is 14.9. The van der Waals surface area contributed by atoms with E-state index in [-0.39, 0.29) is 23.1 Å². The van der Waals surface area contributed by atoms with Crippen LogP contribution in [0.15, 0.2) is 34.7 Å². The number of amides is 1. The predicted octanol–water partition coefficient (Wildman–Crippen LogP) is 3.59. The van der Waals surface area contributed by atoms with Gasteiger partial charge in [-0.3, -0.25) is 9.69 Å². The predicted molar refractivity (Wildman–Crippen MR) is 115 cm³/mol. The standard InChI is InChI=1S/C23H26FN5O2/c1-15-12-18-19(27-23(2)6-7-23)25-20(26-21(18)31-15)22(30)29-10-8-28(9-11-29)14-16-4-3-5-17(24)13-16/h3-5,12-13H,6-11,14H2,1-2H3,(H,25,26,27).